The van der Waals surface area contributed by atoms with Crippen LogP contribution >= 0.6 is 24.0 Å². The van der Waals surface area contributed by atoms with Gasteiger partial charge in [0.1, 0.15) is 0 Å². The number of halogens is 1. The molecule has 0 atom stereocenters. The summed E-state index contributed by atoms with van der Waals surface area (Å²) in [6, 6.07) is 7.64. The van der Waals surface area contributed by atoms with Crippen LogP contribution in [0.5, 0.6) is 0 Å². The zero-order valence-corrected chi connectivity index (χ0v) is 21.3. The van der Waals surface area contributed by atoms with Crippen molar-refractivity contribution in [1.29, 1.82) is 0 Å². The molecule has 8 heteroatoms. The summed E-state index contributed by atoms with van der Waals surface area (Å²) >= 11 is 0. The van der Waals surface area contributed by atoms with Crippen molar-refractivity contribution in [3.63, 3.8) is 0 Å². The Balaban J connectivity index is 0.00000420. The van der Waals surface area contributed by atoms with Crippen LogP contribution in [0.15, 0.2) is 29.3 Å². The minimum absolute atomic E-state index is 0. The predicted octanol–water partition coefficient (Wildman–Crippen LogP) is 3.63. The molecule has 2 rings (SSSR count). The monoisotopic (exact) mass is 536 g/mol. The van der Waals surface area contributed by atoms with Gasteiger partial charge in [-0.2, -0.15) is 0 Å². The molecule has 166 valence electrons. The van der Waals surface area contributed by atoms with Gasteiger partial charge in [0.15, 0.2) is 5.96 Å². The van der Waals surface area contributed by atoms with Gasteiger partial charge in [0.2, 0.25) is 10.0 Å². The summed E-state index contributed by atoms with van der Waals surface area (Å²) < 4.78 is 25.9. The van der Waals surface area contributed by atoms with E-state index in [1.807, 2.05) is 24.3 Å². The van der Waals surface area contributed by atoms with Gasteiger partial charge in [0.05, 0.1) is 5.75 Å². The molecule has 0 amide bonds. The number of guanidine groups is 1. The van der Waals surface area contributed by atoms with Crippen LogP contribution in [0.1, 0.15) is 57.1 Å². The minimum Gasteiger partial charge on any atom is -0.356 e. The number of nitrogens with one attached hydrogen (secondary N) is 3. The van der Waals surface area contributed by atoms with Gasteiger partial charge in [-0.3, -0.25) is 4.99 Å². The number of rotatable bonds is 9. The smallest absolute Gasteiger partial charge is 0.215 e. The second kappa shape index (κ2) is 12.1. The van der Waals surface area contributed by atoms with Gasteiger partial charge in [0, 0.05) is 20.1 Å². The first-order chi connectivity index (χ1) is 13.3. The van der Waals surface area contributed by atoms with Gasteiger partial charge in [-0.1, -0.05) is 51.0 Å². The summed E-state index contributed by atoms with van der Waals surface area (Å²) in [7, 11) is -0.0427. The number of aliphatic imine (C=N–C) groups is 1. The summed E-state index contributed by atoms with van der Waals surface area (Å²) in [4.78, 5) is 4.36. The lowest BCUT2D eigenvalue weighted by Crippen LogP contribution is -2.43. The van der Waals surface area contributed by atoms with Crippen LogP contribution in [0.2, 0.25) is 0 Å². The molecule has 0 saturated heterocycles. The Bertz CT molecular complexity index is 760. The molecule has 1 aliphatic rings. The molecule has 0 spiro atoms. The normalized spacial score (nSPS) is 16.5. The number of hydrogen-bond donors (Lipinski definition) is 3. The fourth-order valence-electron chi connectivity index (χ4n) is 4.24. The molecule has 1 aliphatic carbocycles. The van der Waals surface area contributed by atoms with Crippen molar-refractivity contribution in [2.45, 2.75) is 58.2 Å². The molecule has 0 bridgehead atoms. The van der Waals surface area contributed by atoms with E-state index in [1.54, 1.807) is 7.05 Å². The van der Waals surface area contributed by atoms with Crippen LogP contribution in [-0.2, 0) is 22.3 Å². The molecular weight excluding hydrogens is 499 g/mol. The first-order valence-electron chi connectivity index (χ1n) is 10.2. The summed E-state index contributed by atoms with van der Waals surface area (Å²) in [5, 5.41) is 6.88. The molecule has 6 nitrogen and oxygen atoms in total. The first-order valence-corrected chi connectivity index (χ1v) is 11.9. The molecule has 1 saturated carbocycles. The highest BCUT2D eigenvalue weighted by atomic mass is 127. The topological polar surface area (TPSA) is 82.6 Å². The number of nitrogens with zero attached hydrogens (tertiary/aromatic N) is 1. The van der Waals surface area contributed by atoms with E-state index in [0.29, 0.717) is 17.9 Å². The van der Waals surface area contributed by atoms with Crippen molar-refractivity contribution in [2.24, 2.45) is 16.3 Å². The highest BCUT2D eigenvalue weighted by Crippen LogP contribution is 2.42. The third kappa shape index (κ3) is 8.80. The van der Waals surface area contributed by atoms with Crippen LogP contribution in [-0.4, -0.2) is 35.0 Å². The average molecular weight is 537 g/mol. The van der Waals surface area contributed by atoms with Gasteiger partial charge in [-0.05, 0) is 48.8 Å². The highest BCUT2D eigenvalue weighted by Gasteiger charge is 2.34. The molecule has 3 N–H and O–H groups in total. The number of benzene rings is 1. The van der Waals surface area contributed by atoms with E-state index in [2.05, 4.69) is 34.2 Å². The van der Waals surface area contributed by atoms with Gasteiger partial charge < -0.3 is 10.6 Å². The lowest BCUT2D eigenvalue weighted by molar-refractivity contribution is 0.235. The van der Waals surface area contributed by atoms with E-state index in [4.69, 9.17) is 0 Å². The van der Waals surface area contributed by atoms with Crippen molar-refractivity contribution >= 4 is 40.0 Å². The van der Waals surface area contributed by atoms with Crippen molar-refractivity contribution < 1.29 is 8.42 Å². The zero-order chi connectivity index (χ0) is 20.6. The second-order valence-electron chi connectivity index (χ2n) is 8.37. The van der Waals surface area contributed by atoms with E-state index in [0.717, 1.165) is 23.6 Å². The summed E-state index contributed by atoms with van der Waals surface area (Å²) in [5.41, 5.74) is 2.19. The van der Waals surface area contributed by atoms with E-state index in [9.17, 15) is 8.42 Å². The third-order valence-corrected chi connectivity index (χ3v) is 6.81. The van der Waals surface area contributed by atoms with Gasteiger partial charge in [-0.25, -0.2) is 13.1 Å². The SMILES string of the molecule is CN=C(NCc1cccc(CS(=O)(=O)NC)c1)NCC1(CC(C)C)CCCC1.I. The Kier molecular flexibility index (Phi) is 10.9. The number of hydrogen-bond acceptors (Lipinski definition) is 3. The summed E-state index contributed by atoms with van der Waals surface area (Å²) in [6.45, 7) is 6.15. The van der Waals surface area contributed by atoms with Crippen LogP contribution < -0.4 is 15.4 Å². The molecular formula is C21H37IN4O2S. The minimum atomic E-state index is -3.27. The van der Waals surface area contributed by atoms with Crippen LogP contribution in [0.4, 0.5) is 0 Å². The second-order valence-corrected chi connectivity index (χ2v) is 10.3. The Morgan fingerprint density at radius 2 is 1.83 bits per heavy atom. The molecule has 1 aromatic carbocycles. The molecule has 0 heterocycles. The molecule has 0 aromatic heterocycles. The maximum absolute atomic E-state index is 11.8. The largest absolute Gasteiger partial charge is 0.356 e. The maximum Gasteiger partial charge on any atom is 0.215 e. The number of sulfonamides is 1. The standard InChI is InChI=1S/C21H36N4O2S.HI/c1-17(2)13-21(10-5-6-11-21)16-25-20(22-3)24-14-18-8-7-9-19(12-18)15-28(26,27)23-4;/h7-9,12,17,23H,5-6,10-11,13-16H2,1-4H3,(H2,22,24,25);1H. The average Bonchev–Trinajstić information content (AvgIpc) is 3.09. The van der Waals surface area contributed by atoms with Crippen molar-refractivity contribution in [3.05, 3.63) is 35.4 Å². The fourth-order valence-corrected chi connectivity index (χ4v) is 5.01. The van der Waals surface area contributed by atoms with Gasteiger partial charge in [-0.15, -0.1) is 24.0 Å². The maximum atomic E-state index is 11.8. The summed E-state index contributed by atoms with van der Waals surface area (Å²) in [5.74, 6) is 1.48. The van der Waals surface area contributed by atoms with Crippen molar-refractivity contribution in [3.8, 4) is 0 Å². The Morgan fingerprint density at radius 3 is 2.41 bits per heavy atom. The molecule has 0 aliphatic heterocycles. The van der Waals surface area contributed by atoms with Crippen molar-refractivity contribution in [1.82, 2.24) is 15.4 Å². The Morgan fingerprint density at radius 1 is 1.17 bits per heavy atom. The van der Waals surface area contributed by atoms with E-state index in [-0.39, 0.29) is 29.7 Å². The van der Waals surface area contributed by atoms with E-state index < -0.39 is 10.0 Å². The molecule has 0 radical (unpaired) electrons. The molecule has 0 unspecified atom stereocenters. The van der Waals surface area contributed by atoms with Crippen LogP contribution in [0.3, 0.4) is 0 Å². The Labute approximate surface area is 193 Å². The zero-order valence-electron chi connectivity index (χ0n) is 18.1. The van der Waals surface area contributed by atoms with Crippen LogP contribution in [0, 0.1) is 11.3 Å². The molecule has 29 heavy (non-hydrogen) atoms. The molecule has 1 fully saturated rings. The highest BCUT2D eigenvalue weighted by molar-refractivity contribution is 14.0. The predicted molar refractivity (Wildman–Crippen MR) is 132 cm³/mol. The Hall–Kier alpha value is -0.870. The molecule has 1 aromatic rings. The van der Waals surface area contributed by atoms with Crippen molar-refractivity contribution in [2.75, 3.05) is 20.6 Å². The summed E-state index contributed by atoms with van der Waals surface area (Å²) in [6.07, 6.45) is 6.47. The van der Waals surface area contributed by atoms with E-state index >= 15 is 0 Å². The van der Waals surface area contributed by atoms with Crippen LogP contribution in [0.25, 0.3) is 0 Å². The van der Waals surface area contributed by atoms with Gasteiger partial charge in [0.25, 0.3) is 0 Å². The lowest BCUT2D eigenvalue weighted by atomic mass is 9.78. The first kappa shape index (κ1) is 26.2. The van der Waals surface area contributed by atoms with E-state index in [1.165, 1.54) is 39.2 Å². The fraction of sp³-hybridized carbons (Fsp3) is 0.667. The van der Waals surface area contributed by atoms with Gasteiger partial charge >= 0.3 is 0 Å². The third-order valence-electron chi connectivity index (χ3n) is 5.48. The lowest BCUT2D eigenvalue weighted by Gasteiger charge is -2.32. The quantitative estimate of drug-likeness (QED) is 0.256.